The third-order valence-electron chi connectivity index (χ3n) is 3.29. The van der Waals surface area contributed by atoms with Crippen LogP contribution in [0.1, 0.15) is 38.6 Å². The number of nitrogens with zero attached hydrogens (tertiary/aromatic N) is 3. The Labute approximate surface area is 102 Å². The second-order valence-electron chi connectivity index (χ2n) is 4.85. The van der Waals surface area contributed by atoms with Gasteiger partial charge in [-0.1, -0.05) is 13.8 Å². The van der Waals surface area contributed by atoms with Gasteiger partial charge in [0.05, 0.1) is 16.9 Å². The highest BCUT2D eigenvalue weighted by molar-refractivity contribution is 5.30. The van der Waals surface area contributed by atoms with Crippen molar-refractivity contribution >= 4 is 5.95 Å². The summed E-state index contributed by atoms with van der Waals surface area (Å²) in [5.74, 6) is 0.658. The van der Waals surface area contributed by atoms with Crippen molar-refractivity contribution in [1.29, 1.82) is 0 Å². The lowest BCUT2D eigenvalue weighted by atomic mass is 10.0. The molecular formula is C12H21N5. The van der Waals surface area contributed by atoms with Gasteiger partial charge in [-0.25, -0.2) is 4.98 Å². The normalized spacial score (nSPS) is 23.9. The Kier molecular flexibility index (Phi) is 3.57. The molecule has 17 heavy (non-hydrogen) atoms. The summed E-state index contributed by atoms with van der Waals surface area (Å²) in [6.45, 7) is 8.37. The van der Waals surface area contributed by atoms with E-state index in [-0.39, 0.29) is 5.54 Å². The van der Waals surface area contributed by atoms with Gasteiger partial charge >= 0.3 is 0 Å². The molecule has 1 fully saturated rings. The summed E-state index contributed by atoms with van der Waals surface area (Å²) in [7, 11) is 0. The number of rotatable bonds is 4. The fraction of sp³-hybridized carbons (Fsp3) is 0.750. The molecule has 1 saturated heterocycles. The van der Waals surface area contributed by atoms with E-state index in [1.165, 1.54) is 0 Å². The molecule has 0 radical (unpaired) electrons. The highest BCUT2D eigenvalue weighted by atomic mass is 15.3. The summed E-state index contributed by atoms with van der Waals surface area (Å²) in [5, 5.41) is 15.2. The molecule has 2 heterocycles. The molecule has 94 valence electrons. The molecule has 1 aromatic heterocycles. The first-order valence-corrected chi connectivity index (χ1v) is 6.38. The average Bonchev–Trinajstić information content (AvgIpc) is 2.75. The minimum absolute atomic E-state index is 0.0560. The molecule has 0 saturated carbocycles. The lowest BCUT2D eigenvalue weighted by Crippen LogP contribution is -2.37. The van der Waals surface area contributed by atoms with Crippen LogP contribution >= 0.6 is 0 Å². The molecule has 0 aromatic carbocycles. The molecule has 0 spiro atoms. The van der Waals surface area contributed by atoms with Gasteiger partial charge in [-0.3, -0.25) is 0 Å². The monoisotopic (exact) mass is 235 g/mol. The van der Waals surface area contributed by atoms with Gasteiger partial charge in [0.25, 0.3) is 0 Å². The zero-order valence-electron chi connectivity index (χ0n) is 10.9. The second-order valence-corrected chi connectivity index (χ2v) is 4.85. The van der Waals surface area contributed by atoms with Gasteiger partial charge in [-0.05, 0) is 32.7 Å². The Morgan fingerprint density at radius 3 is 2.59 bits per heavy atom. The van der Waals surface area contributed by atoms with Crippen molar-refractivity contribution in [1.82, 2.24) is 20.5 Å². The van der Waals surface area contributed by atoms with Crippen LogP contribution in [0.4, 0.5) is 5.95 Å². The number of aryl methyl sites for hydroxylation is 2. The van der Waals surface area contributed by atoms with Crippen LogP contribution in [-0.4, -0.2) is 33.8 Å². The summed E-state index contributed by atoms with van der Waals surface area (Å²) in [4.78, 5) is 4.56. The maximum absolute atomic E-state index is 4.56. The van der Waals surface area contributed by atoms with Gasteiger partial charge in [0.1, 0.15) is 0 Å². The van der Waals surface area contributed by atoms with E-state index in [1.54, 1.807) is 0 Å². The van der Waals surface area contributed by atoms with Crippen LogP contribution in [0.5, 0.6) is 0 Å². The molecule has 2 rings (SSSR count). The fourth-order valence-electron chi connectivity index (χ4n) is 2.18. The first-order chi connectivity index (χ1) is 8.17. The molecule has 1 aliphatic heterocycles. The minimum Gasteiger partial charge on any atom is -0.346 e. The van der Waals surface area contributed by atoms with Crippen LogP contribution in [0.25, 0.3) is 0 Å². The summed E-state index contributed by atoms with van der Waals surface area (Å²) < 4.78 is 0. The second kappa shape index (κ2) is 4.96. The van der Waals surface area contributed by atoms with E-state index < -0.39 is 0 Å². The Morgan fingerprint density at radius 2 is 2.00 bits per heavy atom. The molecule has 1 atom stereocenters. The van der Waals surface area contributed by atoms with Crippen molar-refractivity contribution in [3.8, 4) is 0 Å². The van der Waals surface area contributed by atoms with E-state index >= 15 is 0 Å². The Morgan fingerprint density at radius 1 is 1.24 bits per heavy atom. The number of hydrogen-bond donors (Lipinski definition) is 2. The van der Waals surface area contributed by atoms with Crippen LogP contribution in [0, 0.1) is 0 Å². The van der Waals surface area contributed by atoms with Gasteiger partial charge in [0, 0.05) is 6.54 Å². The molecule has 5 nitrogen and oxygen atoms in total. The Hall–Kier alpha value is -1.23. The molecule has 5 heteroatoms. The maximum Gasteiger partial charge on any atom is 0.243 e. The van der Waals surface area contributed by atoms with Crippen LogP contribution in [-0.2, 0) is 12.8 Å². The third kappa shape index (κ3) is 2.72. The largest absolute Gasteiger partial charge is 0.346 e. The predicted octanol–water partition coefficient (Wildman–Crippen LogP) is 1.16. The van der Waals surface area contributed by atoms with E-state index in [0.717, 1.165) is 43.7 Å². The number of hydrogen-bond acceptors (Lipinski definition) is 5. The van der Waals surface area contributed by atoms with Crippen LogP contribution < -0.4 is 10.6 Å². The SMILES string of the molecule is CCc1nnc(NC2(C)CCNC2)nc1CC. The zero-order valence-corrected chi connectivity index (χ0v) is 10.9. The average molecular weight is 235 g/mol. The predicted molar refractivity (Wildman–Crippen MR) is 68.1 cm³/mol. The smallest absolute Gasteiger partial charge is 0.243 e. The van der Waals surface area contributed by atoms with Gasteiger partial charge in [-0.2, -0.15) is 5.10 Å². The highest BCUT2D eigenvalue weighted by Gasteiger charge is 2.29. The third-order valence-corrected chi connectivity index (χ3v) is 3.29. The molecule has 1 aromatic rings. The summed E-state index contributed by atoms with van der Waals surface area (Å²) in [5.41, 5.74) is 2.12. The Balaban J connectivity index is 2.16. The van der Waals surface area contributed by atoms with Crippen LogP contribution in [0.2, 0.25) is 0 Å². The minimum atomic E-state index is 0.0560. The lowest BCUT2D eigenvalue weighted by Gasteiger charge is -2.24. The highest BCUT2D eigenvalue weighted by Crippen LogP contribution is 2.18. The quantitative estimate of drug-likeness (QED) is 0.820. The molecular weight excluding hydrogens is 214 g/mol. The molecule has 0 bridgehead atoms. The summed E-state index contributed by atoms with van der Waals surface area (Å²) in [6, 6.07) is 0. The van der Waals surface area contributed by atoms with Crippen LogP contribution in [0.15, 0.2) is 0 Å². The van der Waals surface area contributed by atoms with Crippen molar-refractivity contribution in [2.75, 3.05) is 18.4 Å². The van der Waals surface area contributed by atoms with Gasteiger partial charge in [-0.15, -0.1) is 5.10 Å². The number of anilines is 1. The van der Waals surface area contributed by atoms with E-state index in [1.807, 2.05) is 0 Å². The first kappa shape index (κ1) is 12.2. The van der Waals surface area contributed by atoms with Crippen molar-refractivity contribution in [2.45, 2.75) is 45.6 Å². The van der Waals surface area contributed by atoms with Gasteiger partial charge in [0.2, 0.25) is 5.95 Å². The van der Waals surface area contributed by atoms with Gasteiger partial charge < -0.3 is 10.6 Å². The Bertz CT molecular complexity index is 384. The summed E-state index contributed by atoms with van der Waals surface area (Å²) >= 11 is 0. The zero-order chi connectivity index (χ0) is 12.3. The molecule has 1 aliphatic rings. The van der Waals surface area contributed by atoms with Crippen molar-refractivity contribution < 1.29 is 0 Å². The fourth-order valence-corrected chi connectivity index (χ4v) is 2.18. The van der Waals surface area contributed by atoms with Gasteiger partial charge in [0.15, 0.2) is 0 Å². The number of aromatic nitrogens is 3. The maximum atomic E-state index is 4.56. The molecule has 2 N–H and O–H groups in total. The first-order valence-electron chi connectivity index (χ1n) is 6.38. The lowest BCUT2D eigenvalue weighted by molar-refractivity contribution is 0.557. The van der Waals surface area contributed by atoms with E-state index in [4.69, 9.17) is 0 Å². The topological polar surface area (TPSA) is 62.7 Å². The van der Waals surface area contributed by atoms with Crippen molar-refractivity contribution in [3.05, 3.63) is 11.4 Å². The van der Waals surface area contributed by atoms with Crippen LogP contribution in [0.3, 0.4) is 0 Å². The standard InChI is InChI=1S/C12H21N5/c1-4-9-10(5-2)16-17-11(14-9)15-12(3)6-7-13-8-12/h13H,4-8H2,1-3H3,(H,14,15,17). The molecule has 0 amide bonds. The number of nitrogens with one attached hydrogen (secondary N) is 2. The molecule has 1 unspecified atom stereocenters. The molecule has 0 aliphatic carbocycles. The van der Waals surface area contributed by atoms with Crippen molar-refractivity contribution in [3.63, 3.8) is 0 Å². The van der Waals surface area contributed by atoms with E-state index in [0.29, 0.717) is 5.95 Å². The van der Waals surface area contributed by atoms with E-state index in [9.17, 15) is 0 Å². The van der Waals surface area contributed by atoms with E-state index in [2.05, 4.69) is 46.6 Å². The van der Waals surface area contributed by atoms with Crippen molar-refractivity contribution in [2.24, 2.45) is 0 Å². The summed E-state index contributed by atoms with van der Waals surface area (Å²) in [6.07, 6.45) is 2.89.